The predicted molar refractivity (Wildman–Crippen MR) is 148 cm³/mol. The summed E-state index contributed by atoms with van der Waals surface area (Å²) in [5.74, 6) is -1.20. The molecule has 0 aliphatic carbocycles. The summed E-state index contributed by atoms with van der Waals surface area (Å²) in [5, 5.41) is 2.14. The molecular formula is C29H52N2O4. The molecule has 0 bridgehead atoms. The van der Waals surface area contributed by atoms with Crippen LogP contribution >= 0.6 is 0 Å². The first-order valence-corrected chi connectivity index (χ1v) is 13.1. The van der Waals surface area contributed by atoms with E-state index in [2.05, 4.69) is 52.1 Å². The molecule has 0 aliphatic rings. The summed E-state index contributed by atoms with van der Waals surface area (Å²) in [6, 6.07) is 10.1. The number of Topliss-reactive ketones (excluding diaryl/α,β-unsaturated/α-hetero) is 2. The van der Waals surface area contributed by atoms with Gasteiger partial charge in [-0.15, -0.1) is 0 Å². The van der Waals surface area contributed by atoms with E-state index in [0.717, 1.165) is 38.3 Å². The molecule has 0 spiro atoms. The van der Waals surface area contributed by atoms with Gasteiger partial charge in [-0.1, -0.05) is 103 Å². The quantitative estimate of drug-likeness (QED) is 0.366. The second-order valence-corrected chi connectivity index (χ2v) is 8.46. The minimum absolute atomic E-state index is 0.0288. The average Bonchev–Trinajstić information content (AvgIpc) is 2.84. The fraction of sp³-hybridized carbons (Fsp3) is 0.655. The molecule has 1 rings (SSSR count). The lowest BCUT2D eigenvalue weighted by Gasteiger charge is -2.23. The molecule has 1 aromatic rings. The summed E-state index contributed by atoms with van der Waals surface area (Å²) >= 11 is 0. The van der Waals surface area contributed by atoms with E-state index in [9.17, 15) is 19.2 Å². The molecule has 0 aliphatic heterocycles. The van der Waals surface area contributed by atoms with Gasteiger partial charge in [-0.25, -0.2) is 0 Å². The first-order chi connectivity index (χ1) is 16.6. The van der Waals surface area contributed by atoms with Gasteiger partial charge in [0, 0.05) is 20.5 Å². The highest BCUT2D eigenvalue weighted by molar-refractivity contribution is 6.35. The van der Waals surface area contributed by atoms with Gasteiger partial charge in [0.1, 0.15) is 5.78 Å². The SMILES string of the molecule is CC(=O)CNC(=O)C(C)=O.CCC.CCCCC.CCCCC(C(=O)N(C)CC)c1ccccc1. The third-order valence-electron chi connectivity index (χ3n) is 4.72. The number of carbonyl (C=O) groups is 4. The van der Waals surface area contributed by atoms with Gasteiger partial charge in [0.25, 0.3) is 5.91 Å². The Bertz CT molecular complexity index is 673. The number of nitrogens with one attached hydrogen (secondary N) is 1. The van der Waals surface area contributed by atoms with Crippen LogP contribution in [0.5, 0.6) is 0 Å². The number of nitrogens with zero attached hydrogens (tertiary/aromatic N) is 1. The highest BCUT2D eigenvalue weighted by Gasteiger charge is 2.22. The normalized spacial score (nSPS) is 10.1. The molecule has 1 N–H and O–H groups in total. The molecule has 202 valence electrons. The molecule has 1 unspecified atom stereocenters. The number of unbranched alkanes of at least 4 members (excludes halogenated alkanes) is 3. The summed E-state index contributed by atoms with van der Waals surface area (Å²) in [7, 11) is 1.88. The molecule has 35 heavy (non-hydrogen) atoms. The van der Waals surface area contributed by atoms with Crippen LogP contribution in [0.25, 0.3) is 0 Å². The third kappa shape index (κ3) is 23.0. The Labute approximate surface area is 215 Å². The van der Waals surface area contributed by atoms with Crippen molar-refractivity contribution in [1.82, 2.24) is 10.2 Å². The number of likely N-dealkylation sites (N-methyl/N-ethyl adjacent to an activating group) is 1. The average molecular weight is 493 g/mol. The molecule has 6 heteroatoms. The molecule has 0 heterocycles. The number of hydrogen-bond donors (Lipinski definition) is 1. The van der Waals surface area contributed by atoms with Crippen molar-refractivity contribution in [2.75, 3.05) is 20.1 Å². The van der Waals surface area contributed by atoms with Crippen LogP contribution in [0.3, 0.4) is 0 Å². The number of amides is 2. The number of rotatable bonds is 11. The molecule has 2 amide bonds. The van der Waals surface area contributed by atoms with Gasteiger partial charge in [0.05, 0.1) is 12.5 Å². The lowest BCUT2D eigenvalue weighted by Crippen LogP contribution is -2.32. The summed E-state index contributed by atoms with van der Waals surface area (Å²) in [6.45, 7) is 16.0. The zero-order chi connectivity index (χ0) is 27.6. The number of hydrogen-bond acceptors (Lipinski definition) is 4. The van der Waals surface area contributed by atoms with Gasteiger partial charge in [-0.2, -0.15) is 0 Å². The van der Waals surface area contributed by atoms with Crippen LogP contribution in [0, 0.1) is 0 Å². The van der Waals surface area contributed by atoms with Crippen molar-refractivity contribution in [3.63, 3.8) is 0 Å². The highest BCUT2D eigenvalue weighted by Crippen LogP contribution is 2.24. The van der Waals surface area contributed by atoms with Gasteiger partial charge < -0.3 is 10.2 Å². The van der Waals surface area contributed by atoms with Gasteiger partial charge in [0.15, 0.2) is 0 Å². The fourth-order valence-corrected chi connectivity index (χ4v) is 2.63. The molecule has 0 radical (unpaired) electrons. The third-order valence-corrected chi connectivity index (χ3v) is 4.72. The van der Waals surface area contributed by atoms with Gasteiger partial charge >= 0.3 is 0 Å². The van der Waals surface area contributed by atoms with Crippen molar-refractivity contribution in [3.8, 4) is 0 Å². The van der Waals surface area contributed by atoms with Crippen molar-refractivity contribution in [2.24, 2.45) is 0 Å². The maximum atomic E-state index is 12.3. The minimum Gasteiger partial charge on any atom is -0.346 e. The number of carbonyl (C=O) groups excluding carboxylic acids is 4. The van der Waals surface area contributed by atoms with Crippen LogP contribution in [-0.4, -0.2) is 48.4 Å². The standard InChI is InChI=1S/C15H23NO.C6H9NO3.C5H12.C3H8/c1-4-6-12-14(15(17)16(3)5-2)13-10-8-7-9-11-13;1-4(8)3-7-6(10)5(2)9;1-3-5-4-2;1-3-2/h7-11,14H,4-6,12H2,1-3H3;3H2,1-2H3,(H,7,10);3-5H2,1-2H3;3H2,1-2H3. The van der Waals surface area contributed by atoms with Crippen LogP contribution in [0.15, 0.2) is 30.3 Å². The Balaban J connectivity index is -0.000000480. The molecular weight excluding hydrogens is 440 g/mol. The van der Waals surface area contributed by atoms with E-state index >= 15 is 0 Å². The van der Waals surface area contributed by atoms with E-state index in [4.69, 9.17) is 0 Å². The summed E-state index contributed by atoms with van der Waals surface area (Å²) in [6.07, 6.45) is 8.51. The molecule has 6 nitrogen and oxygen atoms in total. The van der Waals surface area contributed by atoms with Gasteiger partial charge in [-0.3, -0.25) is 19.2 Å². The van der Waals surface area contributed by atoms with Crippen molar-refractivity contribution in [3.05, 3.63) is 35.9 Å². The smallest absolute Gasteiger partial charge is 0.287 e. The van der Waals surface area contributed by atoms with Crippen molar-refractivity contribution in [2.45, 2.75) is 106 Å². The Kier molecular flexibility index (Phi) is 27.6. The predicted octanol–water partition coefficient (Wildman–Crippen LogP) is 6.33. The fourth-order valence-electron chi connectivity index (χ4n) is 2.63. The molecule has 0 saturated carbocycles. The lowest BCUT2D eigenvalue weighted by atomic mass is 9.92. The molecule has 1 atom stereocenters. The van der Waals surface area contributed by atoms with Crippen LogP contribution in [0.4, 0.5) is 0 Å². The zero-order valence-electron chi connectivity index (χ0n) is 23.9. The Morgan fingerprint density at radius 3 is 1.66 bits per heavy atom. The summed E-state index contributed by atoms with van der Waals surface area (Å²) in [5.41, 5.74) is 1.14. The molecule has 0 aromatic heterocycles. The van der Waals surface area contributed by atoms with Crippen LogP contribution in [0.2, 0.25) is 0 Å². The first kappa shape index (κ1) is 37.1. The molecule has 0 fully saturated rings. The Morgan fingerprint density at radius 2 is 1.31 bits per heavy atom. The number of benzene rings is 1. The van der Waals surface area contributed by atoms with Crippen LogP contribution < -0.4 is 5.32 Å². The maximum Gasteiger partial charge on any atom is 0.287 e. The zero-order valence-corrected chi connectivity index (χ0v) is 23.9. The van der Waals surface area contributed by atoms with Crippen LogP contribution in [-0.2, 0) is 19.2 Å². The summed E-state index contributed by atoms with van der Waals surface area (Å²) < 4.78 is 0. The second-order valence-electron chi connectivity index (χ2n) is 8.46. The second kappa shape index (κ2) is 26.1. The van der Waals surface area contributed by atoms with E-state index in [-0.39, 0.29) is 24.2 Å². The lowest BCUT2D eigenvalue weighted by molar-refractivity contribution is -0.137. The maximum absolute atomic E-state index is 12.3. The van der Waals surface area contributed by atoms with E-state index in [0.29, 0.717) is 0 Å². The first-order valence-electron chi connectivity index (χ1n) is 13.1. The van der Waals surface area contributed by atoms with Crippen LogP contribution in [0.1, 0.15) is 112 Å². The summed E-state index contributed by atoms with van der Waals surface area (Å²) in [4.78, 5) is 45.0. The largest absolute Gasteiger partial charge is 0.346 e. The monoisotopic (exact) mass is 492 g/mol. The highest BCUT2D eigenvalue weighted by atomic mass is 16.2. The van der Waals surface area contributed by atoms with Gasteiger partial charge in [-0.05, 0) is 25.8 Å². The molecule has 0 saturated heterocycles. The minimum atomic E-state index is -0.713. The van der Waals surface area contributed by atoms with Crippen molar-refractivity contribution >= 4 is 23.4 Å². The van der Waals surface area contributed by atoms with Gasteiger partial charge in [0.2, 0.25) is 11.7 Å². The van der Waals surface area contributed by atoms with E-state index in [1.807, 2.05) is 37.1 Å². The topological polar surface area (TPSA) is 83.5 Å². The molecule has 1 aromatic carbocycles. The van der Waals surface area contributed by atoms with Crippen molar-refractivity contribution < 1.29 is 19.2 Å². The Morgan fingerprint density at radius 1 is 0.829 bits per heavy atom. The van der Waals surface area contributed by atoms with E-state index < -0.39 is 11.7 Å². The Hall–Kier alpha value is -2.50. The van der Waals surface area contributed by atoms with E-state index in [1.165, 1.54) is 32.6 Å². The van der Waals surface area contributed by atoms with E-state index in [1.54, 1.807) is 0 Å². The number of ketones is 2. The van der Waals surface area contributed by atoms with Crippen molar-refractivity contribution in [1.29, 1.82) is 0 Å².